The maximum Gasteiger partial charge on any atom is 0.294 e. The Morgan fingerprint density at radius 1 is 1.25 bits per heavy atom. The van der Waals surface area contributed by atoms with E-state index in [1.807, 2.05) is 13.8 Å². The second-order valence-electron chi connectivity index (χ2n) is 5.25. The van der Waals surface area contributed by atoms with E-state index in [-0.39, 0.29) is 25.9 Å². The molecule has 24 heavy (non-hydrogen) atoms. The largest absolute Gasteiger partial charge is 0.493 e. The highest BCUT2D eigenvalue weighted by Gasteiger charge is 2.10. The fourth-order valence-corrected chi connectivity index (χ4v) is 1.74. The van der Waals surface area contributed by atoms with E-state index in [2.05, 4.69) is 10.2 Å². The number of hydrogen-bond donors (Lipinski definition) is 2. The van der Waals surface area contributed by atoms with E-state index in [0.29, 0.717) is 23.8 Å². The zero-order valence-corrected chi connectivity index (χ0v) is 14.1. The van der Waals surface area contributed by atoms with Gasteiger partial charge in [0.15, 0.2) is 11.5 Å². The molecule has 9 nitrogen and oxygen atoms in total. The molecular formula is C15H24N2O7. The molecule has 1 unspecified atom stereocenters. The van der Waals surface area contributed by atoms with Crippen molar-refractivity contribution >= 4 is 0 Å². The van der Waals surface area contributed by atoms with Gasteiger partial charge in [0.05, 0.1) is 7.11 Å². The van der Waals surface area contributed by atoms with Gasteiger partial charge in [0.1, 0.15) is 31.7 Å². The van der Waals surface area contributed by atoms with Crippen LogP contribution in [0.25, 0.3) is 0 Å². The summed E-state index contributed by atoms with van der Waals surface area (Å²) in [5.41, 5.74) is 0. The Balaban J connectivity index is 2.49. The molecule has 0 saturated heterocycles. The van der Waals surface area contributed by atoms with Gasteiger partial charge in [-0.1, -0.05) is 13.8 Å². The lowest BCUT2D eigenvalue weighted by Crippen LogP contribution is -2.35. The SMILES string of the molecule is COc1cc(OCCO[N+](=O)[O-])ccc1OCC(O)CNC(C)C. The van der Waals surface area contributed by atoms with Crippen LogP contribution in [0.1, 0.15) is 13.8 Å². The first-order chi connectivity index (χ1) is 11.4. The molecule has 0 aliphatic carbocycles. The molecule has 0 saturated carbocycles. The van der Waals surface area contributed by atoms with Crippen molar-refractivity contribution in [3.63, 3.8) is 0 Å². The Kier molecular flexibility index (Phi) is 8.66. The van der Waals surface area contributed by atoms with Crippen molar-refractivity contribution in [2.24, 2.45) is 0 Å². The lowest BCUT2D eigenvalue weighted by Gasteiger charge is -2.17. The van der Waals surface area contributed by atoms with Crippen LogP contribution in [0, 0.1) is 10.1 Å². The van der Waals surface area contributed by atoms with Gasteiger partial charge in [-0.15, -0.1) is 10.1 Å². The van der Waals surface area contributed by atoms with Crippen molar-refractivity contribution in [3.8, 4) is 17.2 Å². The fourth-order valence-electron chi connectivity index (χ4n) is 1.74. The lowest BCUT2D eigenvalue weighted by molar-refractivity contribution is -0.757. The Hall–Kier alpha value is -2.26. The maximum absolute atomic E-state index is 10.0. The van der Waals surface area contributed by atoms with Gasteiger partial charge in [-0.3, -0.25) is 0 Å². The molecule has 0 heterocycles. The van der Waals surface area contributed by atoms with Crippen molar-refractivity contribution in [2.45, 2.75) is 26.0 Å². The molecule has 0 spiro atoms. The number of aliphatic hydroxyl groups excluding tert-OH is 1. The molecule has 0 aliphatic rings. The zero-order chi connectivity index (χ0) is 17.9. The van der Waals surface area contributed by atoms with Gasteiger partial charge in [-0.05, 0) is 12.1 Å². The second-order valence-corrected chi connectivity index (χ2v) is 5.25. The number of ether oxygens (including phenoxy) is 3. The summed E-state index contributed by atoms with van der Waals surface area (Å²) in [5, 5.41) is 22.1. The minimum atomic E-state index is -0.875. The van der Waals surface area contributed by atoms with E-state index in [4.69, 9.17) is 14.2 Å². The molecule has 0 bridgehead atoms. The third-order valence-corrected chi connectivity index (χ3v) is 2.88. The van der Waals surface area contributed by atoms with Gasteiger partial charge in [0, 0.05) is 18.7 Å². The van der Waals surface area contributed by atoms with E-state index in [9.17, 15) is 15.2 Å². The molecule has 2 N–H and O–H groups in total. The first-order valence-electron chi connectivity index (χ1n) is 7.54. The molecule has 136 valence electrons. The Bertz CT molecular complexity index is 511. The summed E-state index contributed by atoms with van der Waals surface area (Å²) in [6.45, 7) is 4.40. The summed E-state index contributed by atoms with van der Waals surface area (Å²) in [7, 11) is 1.48. The van der Waals surface area contributed by atoms with Crippen molar-refractivity contribution in [1.82, 2.24) is 5.32 Å². The van der Waals surface area contributed by atoms with Crippen molar-refractivity contribution in [2.75, 3.05) is 33.5 Å². The fraction of sp³-hybridized carbons (Fsp3) is 0.600. The van der Waals surface area contributed by atoms with Gasteiger partial charge in [-0.25, -0.2) is 0 Å². The first kappa shape index (κ1) is 19.8. The number of nitrogens with zero attached hydrogens (tertiary/aromatic N) is 1. The van der Waals surface area contributed by atoms with Crippen LogP contribution >= 0.6 is 0 Å². The van der Waals surface area contributed by atoms with Crippen LogP contribution in [-0.2, 0) is 4.84 Å². The molecule has 0 radical (unpaired) electrons. The van der Waals surface area contributed by atoms with Gasteiger partial charge >= 0.3 is 0 Å². The quantitative estimate of drug-likeness (QED) is 0.328. The average Bonchev–Trinajstić information content (AvgIpc) is 2.55. The summed E-state index contributed by atoms with van der Waals surface area (Å²) in [5.74, 6) is 1.37. The molecule has 0 amide bonds. The molecule has 1 aromatic rings. The van der Waals surface area contributed by atoms with Crippen LogP contribution in [0.15, 0.2) is 18.2 Å². The minimum Gasteiger partial charge on any atom is -0.493 e. The molecule has 1 atom stereocenters. The van der Waals surface area contributed by atoms with Crippen LogP contribution in [0.5, 0.6) is 17.2 Å². The summed E-state index contributed by atoms with van der Waals surface area (Å²) in [6, 6.07) is 5.17. The van der Waals surface area contributed by atoms with E-state index < -0.39 is 11.2 Å². The smallest absolute Gasteiger partial charge is 0.294 e. The van der Waals surface area contributed by atoms with Gasteiger partial charge < -0.3 is 29.5 Å². The summed E-state index contributed by atoms with van der Waals surface area (Å²) >= 11 is 0. The zero-order valence-electron chi connectivity index (χ0n) is 14.1. The lowest BCUT2D eigenvalue weighted by atomic mass is 10.3. The summed E-state index contributed by atoms with van der Waals surface area (Å²) < 4.78 is 16.1. The number of benzene rings is 1. The molecule has 1 aromatic carbocycles. The minimum absolute atomic E-state index is 0.0317. The molecule has 1 rings (SSSR count). The summed E-state index contributed by atoms with van der Waals surface area (Å²) in [6.07, 6.45) is -0.646. The standard InChI is InChI=1S/C15H24N2O7/c1-11(2)16-9-12(18)10-23-14-5-4-13(8-15(14)21-3)22-6-7-24-17(19)20/h4-5,8,11-12,16,18H,6-7,9-10H2,1-3H3. The van der Waals surface area contributed by atoms with E-state index in [0.717, 1.165) is 0 Å². The monoisotopic (exact) mass is 344 g/mol. The number of aliphatic hydroxyl groups is 1. The Labute approximate surface area is 140 Å². The van der Waals surface area contributed by atoms with Gasteiger partial charge in [0.2, 0.25) is 0 Å². The Morgan fingerprint density at radius 2 is 2.00 bits per heavy atom. The molecule has 0 aliphatic heterocycles. The number of hydrogen-bond acceptors (Lipinski definition) is 8. The number of nitrogens with one attached hydrogen (secondary N) is 1. The predicted molar refractivity (Wildman–Crippen MR) is 86.1 cm³/mol. The second kappa shape index (κ2) is 10.5. The first-order valence-corrected chi connectivity index (χ1v) is 7.54. The van der Waals surface area contributed by atoms with Crippen molar-refractivity contribution < 1.29 is 29.2 Å². The molecule has 9 heteroatoms. The molecular weight excluding hydrogens is 320 g/mol. The highest BCUT2D eigenvalue weighted by atomic mass is 17.0. The van der Waals surface area contributed by atoms with Crippen LogP contribution in [0.2, 0.25) is 0 Å². The normalized spacial score (nSPS) is 11.9. The number of rotatable bonds is 12. The van der Waals surface area contributed by atoms with E-state index >= 15 is 0 Å². The van der Waals surface area contributed by atoms with Crippen LogP contribution in [-0.4, -0.2) is 55.8 Å². The third kappa shape index (κ3) is 7.84. The molecule has 0 aromatic heterocycles. The van der Waals surface area contributed by atoms with Crippen LogP contribution in [0.4, 0.5) is 0 Å². The van der Waals surface area contributed by atoms with E-state index in [1.54, 1.807) is 18.2 Å². The molecule has 0 fully saturated rings. The average molecular weight is 344 g/mol. The number of methoxy groups -OCH3 is 1. The van der Waals surface area contributed by atoms with Crippen molar-refractivity contribution in [3.05, 3.63) is 28.3 Å². The highest BCUT2D eigenvalue weighted by molar-refractivity contribution is 5.45. The third-order valence-electron chi connectivity index (χ3n) is 2.88. The highest BCUT2D eigenvalue weighted by Crippen LogP contribution is 2.31. The topological polar surface area (TPSA) is 112 Å². The van der Waals surface area contributed by atoms with Crippen molar-refractivity contribution in [1.29, 1.82) is 0 Å². The summed E-state index contributed by atoms with van der Waals surface area (Å²) in [4.78, 5) is 14.2. The maximum atomic E-state index is 10.0. The van der Waals surface area contributed by atoms with Gasteiger partial charge in [0.25, 0.3) is 5.09 Å². The van der Waals surface area contributed by atoms with Gasteiger partial charge in [-0.2, -0.15) is 0 Å². The van der Waals surface area contributed by atoms with E-state index in [1.165, 1.54) is 7.11 Å². The van der Waals surface area contributed by atoms with Crippen LogP contribution < -0.4 is 19.5 Å². The Morgan fingerprint density at radius 3 is 2.62 bits per heavy atom. The predicted octanol–water partition coefficient (Wildman–Crippen LogP) is 1.02. The van der Waals surface area contributed by atoms with Crippen LogP contribution in [0.3, 0.4) is 0 Å².